The van der Waals surface area contributed by atoms with E-state index in [2.05, 4.69) is 24.6 Å². The van der Waals surface area contributed by atoms with Crippen LogP contribution in [0.4, 0.5) is 5.69 Å². The van der Waals surface area contributed by atoms with Crippen LogP contribution in [0.3, 0.4) is 0 Å². The molecule has 5 nitrogen and oxygen atoms in total. The Morgan fingerprint density at radius 2 is 2.11 bits per heavy atom. The fraction of sp³-hybridized carbons (Fsp3) is 0.500. The number of carbonyl (C=O) groups excluding carboxylic acids is 1. The predicted molar refractivity (Wildman–Crippen MR) is 76.9 cm³/mol. The average molecular weight is 265 g/mol. The van der Waals surface area contributed by atoms with Gasteiger partial charge in [-0.1, -0.05) is 26.0 Å². The van der Waals surface area contributed by atoms with Crippen molar-refractivity contribution in [1.82, 2.24) is 5.32 Å². The van der Waals surface area contributed by atoms with Gasteiger partial charge in [0, 0.05) is 19.8 Å². The highest BCUT2D eigenvalue weighted by molar-refractivity contribution is 5.99. The Balaban J connectivity index is 2.28. The number of rotatable bonds is 8. The van der Waals surface area contributed by atoms with Gasteiger partial charge >= 0.3 is 0 Å². The molecular formula is C14H23N3O2. The number of hydrogen-bond donors (Lipinski definition) is 3. The summed E-state index contributed by atoms with van der Waals surface area (Å²) in [5, 5.41) is 2.85. The van der Waals surface area contributed by atoms with Crippen LogP contribution in [0.2, 0.25) is 0 Å². The minimum atomic E-state index is -0.127. The van der Waals surface area contributed by atoms with E-state index in [1.54, 1.807) is 12.1 Å². The van der Waals surface area contributed by atoms with Crippen molar-refractivity contribution in [3.63, 3.8) is 0 Å². The van der Waals surface area contributed by atoms with E-state index in [1.807, 2.05) is 12.1 Å². The molecule has 0 fully saturated rings. The minimum Gasteiger partial charge on any atom is -0.381 e. The second-order valence-electron chi connectivity index (χ2n) is 4.77. The van der Waals surface area contributed by atoms with E-state index in [1.165, 1.54) is 0 Å². The minimum absolute atomic E-state index is 0.127. The van der Waals surface area contributed by atoms with E-state index in [-0.39, 0.29) is 5.91 Å². The second kappa shape index (κ2) is 8.50. The van der Waals surface area contributed by atoms with Crippen molar-refractivity contribution in [2.75, 3.05) is 25.2 Å². The molecule has 1 rings (SSSR count). The molecule has 19 heavy (non-hydrogen) atoms. The van der Waals surface area contributed by atoms with Crippen LogP contribution < -0.4 is 16.6 Å². The first kappa shape index (κ1) is 15.5. The molecule has 0 bridgehead atoms. The fourth-order valence-electron chi connectivity index (χ4n) is 1.60. The highest BCUT2D eigenvalue weighted by atomic mass is 16.5. The third-order valence-electron chi connectivity index (χ3n) is 2.53. The quantitative estimate of drug-likeness (QED) is 0.380. The molecule has 0 spiro atoms. The normalized spacial score (nSPS) is 10.5. The van der Waals surface area contributed by atoms with Crippen molar-refractivity contribution in [2.45, 2.75) is 20.3 Å². The molecule has 1 aromatic rings. The van der Waals surface area contributed by atoms with Gasteiger partial charge in [-0.25, -0.2) is 0 Å². The number of para-hydroxylation sites is 1. The summed E-state index contributed by atoms with van der Waals surface area (Å²) in [4.78, 5) is 11.9. The summed E-state index contributed by atoms with van der Waals surface area (Å²) in [5.41, 5.74) is 3.68. The first-order chi connectivity index (χ1) is 9.15. The first-order valence-electron chi connectivity index (χ1n) is 6.56. The first-order valence-corrected chi connectivity index (χ1v) is 6.56. The molecule has 4 N–H and O–H groups in total. The lowest BCUT2D eigenvalue weighted by Crippen LogP contribution is -2.26. The maximum absolute atomic E-state index is 11.9. The van der Waals surface area contributed by atoms with Gasteiger partial charge < -0.3 is 15.5 Å². The number of ether oxygens (including phenoxy) is 1. The zero-order valence-corrected chi connectivity index (χ0v) is 11.6. The van der Waals surface area contributed by atoms with Crippen molar-refractivity contribution in [3.8, 4) is 0 Å². The van der Waals surface area contributed by atoms with Crippen molar-refractivity contribution < 1.29 is 9.53 Å². The van der Waals surface area contributed by atoms with E-state index in [4.69, 9.17) is 10.6 Å². The van der Waals surface area contributed by atoms with Crippen LogP contribution >= 0.6 is 0 Å². The van der Waals surface area contributed by atoms with Gasteiger partial charge in [0.25, 0.3) is 5.91 Å². The van der Waals surface area contributed by atoms with Crippen molar-refractivity contribution in [1.29, 1.82) is 0 Å². The highest BCUT2D eigenvalue weighted by Gasteiger charge is 2.08. The van der Waals surface area contributed by atoms with E-state index in [9.17, 15) is 4.79 Å². The lowest BCUT2D eigenvalue weighted by atomic mass is 10.1. The van der Waals surface area contributed by atoms with Crippen LogP contribution in [0.15, 0.2) is 24.3 Å². The largest absolute Gasteiger partial charge is 0.381 e. The van der Waals surface area contributed by atoms with Gasteiger partial charge in [-0.2, -0.15) is 0 Å². The summed E-state index contributed by atoms with van der Waals surface area (Å²) in [5.74, 6) is 5.77. The zero-order valence-electron chi connectivity index (χ0n) is 11.6. The number of carbonyl (C=O) groups is 1. The molecule has 0 saturated carbocycles. The Bertz CT molecular complexity index is 394. The van der Waals surface area contributed by atoms with Crippen LogP contribution in [0.5, 0.6) is 0 Å². The van der Waals surface area contributed by atoms with Gasteiger partial charge in [-0.05, 0) is 24.5 Å². The topological polar surface area (TPSA) is 76.4 Å². The summed E-state index contributed by atoms with van der Waals surface area (Å²) in [6, 6.07) is 7.13. The molecule has 1 aromatic carbocycles. The molecule has 0 atom stereocenters. The van der Waals surface area contributed by atoms with Gasteiger partial charge in [-0.15, -0.1) is 0 Å². The molecule has 1 amide bonds. The monoisotopic (exact) mass is 265 g/mol. The summed E-state index contributed by atoms with van der Waals surface area (Å²) in [6.45, 7) is 6.23. The summed E-state index contributed by atoms with van der Waals surface area (Å²) >= 11 is 0. The average Bonchev–Trinajstić information content (AvgIpc) is 2.42. The number of hydrogen-bond acceptors (Lipinski definition) is 4. The Kier molecular flexibility index (Phi) is 6.92. The molecule has 0 saturated heterocycles. The molecule has 0 heterocycles. The number of anilines is 1. The Morgan fingerprint density at radius 3 is 2.79 bits per heavy atom. The molecule has 0 aromatic heterocycles. The predicted octanol–water partition coefficient (Wildman–Crippen LogP) is 1.76. The van der Waals surface area contributed by atoms with Crippen molar-refractivity contribution in [2.24, 2.45) is 11.8 Å². The summed E-state index contributed by atoms with van der Waals surface area (Å²) in [6.07, 6.45) is 0.802. The number of benzene rings is 1. The second-order valence-corrected chi connectivity index (χ2v) is 4.77. The molecule has 0 unspecified atom stereocenters. The number of amides is 1. The third-order valence-corrected chi connectivity index (χ3v) is 2.53. The summed E-state index contributed by atoms with van der Waals surface area (Å²) < 4.78 is 5.44. The van der Waals surface area contributed by atoms with Crippen LogP contribution in [0, 0.1) is 5.92 Å². The Hall–Kier alpha value is -1.59. The standard InChI is InChI=1S/C14H23N3O2/c1-11(2)10-19-9-5-8-16-14(18)12-6-3-4-7-13(12)17-15/h3-4,6-7,11,17H,5,8-10,15H2,1-2H3,(H,16,18). The van der Waals surface area contributed by atoms with Gasteiger partial charge in [0.2, 0.25) is 0 Å². The van der Waals surface area contributed by atoms with E-state index in [0.717, 1.165) is 13.0 Å². The van der Waals surface area contributed by atoms with E-state index < -0.39 is 0 Å². The lowest BCUT2D eigenvalue weighted by Gasteiger charge is -2.10. The molecule has 0 aliphatic rings. The van der Waals surface area contributed by atoms with Gasteiger partial charge in [-0.3, -0.25) is 10.6 Å². The number of hydrazine groups is 1. The maximum atomic E-state index is 11.9. The lowest BCUT2D eigenvalue weighted by molar-refractivity contribution is 0.0925. The third kappa shape index (κ3) is 5.72. The van der Waals surface area contributed by atoms with Gasteiger partial charge in [0.1, 0.15) is 0 Å². The van der Waals surface area contributed by atoms with E-state index >= 15 is 0 Å². The molecule has 106 valence electrons. The van der Waals surface area contributed by atoms with Crippen molar-refractivity contribution in [3.05, 3.63) is 29.8 Å². The SMILES string of the molecule is CC(C)COCCCNC(=O)c1ccccc1NN. The molecular weight excluding hydrogens is 242 g/mol. The van der Waals surface area contributed by atoms with Crippen LogP contribution in [0.1, 0.15) is 30.6 Å². The molecule has 0 radical (unpaired) electrons. The smallest absolute Gasteiger partial charge is 0.253 e. The van der Waals surface area contributed by atoms with Crippen LogP contribution in [0.25, 0.3) is 0 Å². The number of nitrogen functional groups attached to an aromatic ring is 1. The van der Waals surface area contributed by atoms with Crippen LogP contribution in [-0.2, 0) is 4.74 Å². The fourth-order valence-corrected chi connectivity index (χ4v) is 1.60. The number of nitrogens with two attached hydrogens (primary N) is 1. The van der Waals surface area contributed by atoms with Gasteiger partial charge in [0.05, 0.1) is 11.3 Å². The Morgan fingerprint density at radius 1 is 1.37 bits per heavy atom. The molecule has 0 aliphatic heterocycles. The number of nitrogens with one attached hydrogen (secondary N) is 2. The molecule has 5 heteroatoms. The maximum Gasteiger partial charge on any atom is 0.253 e. The highest BCUT2D eigenvalue weighted by Crippen LogP contribution is 2.12. The van der Waals surface area contributed by atoms with E-state index in [0.29, 0.717) is 30.3 Å². The zero-order chi connectivity index (χ0) is 14.1. The van der Waals surface area contributed by atoms with Crippen LogP contribution in [-0.4, -0.2) is 25.7 Å². The summed E-state index contributed by atoms with van der Waals surface area (Å²) in [7, 11) is 0. The van der Waals surface area contributed by atoms with Crippen molar-refractivity contribution >= 4 is 11.6 Å². The van der Waals surface area contributed by atoms with Gasteiger partial charge in [0.15, 0.2) is 0 Å². The molecule has 0 aliphatic carbocycles. The Labute approximate surface area is 114 Å².